The third-order valence-corrected chi connectivity index (χ3v) is 2.21. The van der Waals surface area contributed by atoms with Crippen LogP contribution in [0.2, 0.25) is 0 Å². The molecule has 0 unspecified atom stereocenters. The van der Waals surface area contributed by atoms with Crippen LogP contribution in [-0.4, -0.2) is 28.6 Å². The minimum absolute atomic E-state index is 0.0738. The predicted octanol–water partition coefficient (Wildman–Crippen LogP) is 1.75. The van der Waals surface area contributed by atoms with Crippen LogP contribution < -0.4 is 0 Å². The second-order valence-corrected chi connectivity index (χ2v) is 3.67. The molecule has 0 aliphatic heterocycles. The summed E-state index contributed by atoms with van der Waals surface area (Å²) in [5, 5.41) is 16.9. The Kier molecular flexibility index (Phi) is 9.07. The first-order valence-corrected chi connectivity index (χ1v) is 5.51. The van der Waals surface area contributed by atoms with E-state index in [0.29, 0.717) is 25.7 Å². The molecule has 0 amide bonds. The fraction of sp³-hybridized carbons (Fsp3) is 0.818. The van der Waals surface area contributed by atoms with Gasteiger partial charge in [0.05, 0.1) is 0 Å². The lowest BCUT2D eigenvalue weighted by molar-refractivity contribution is -0.137. The number of hydrogen-bond acceptors (Lipinski definition) is 3. The zero-order valence-electron chi connectivity index (χ0n) is 9.07. The standard InChI is InChI=1S/C11H20O4/c12-9-5-7-10(13)6-3-1-2-4-8-11(14)15/h12H,1-9H2,(H,14,15). The van der Waals surface area contributed by atoms with Gasteiger partial charge in [0.1, 0.15) is 5.78 Å². The maximum atomic E-state index is 11.1. The zero-order chi connectivity index (χ0) is 11.5. The summed E-state index contributed by atoms with van der Waals surface area (Å²) in [5.74, 6) is -0.559. The number of carbonyl (C=O) groups is 2. The van der Waals surface area contributed by atoms with Crippen LogP contribution in [0.3, 0.4) is 0 Å². The molecule has 0 aromatic rings. The molecule has 0 radical (unpaired) electrons. The summed E-state index contributed by atoms with van der Waals surface area (Å²) in [7, 11) is 0. The molecule has 0 heterocycles. The fourth-order valence-corrected chi connectivity index (χ4v) is 1.35. The van der Waals surface area contributed by atoms with Gasteiger partial charge in [-0.3, -0.25) is 9.59 Å². The lowest BCUT2D eigenvalue weighted by Crippen LogP contribution is -1.99. The van der Waals surface area contributed by atoms with Crippen molar-refractivity contribution in [3.63, 3.8) is 0 Å². The van der Waals surface area contributed by atoms with Crippen molar-refractivity contribution in [1.82, 2.24) is 0 Å². The average Bonchev–Trinajstić information content (AvgIpc) is 2.19. The van der Waals surface area contributed by atoms with Gasteiger partial charge in [-0.1, -0.05) is 12.8 Å². The molecule has 0 saturated carbocycles. The number of hydrogen-bond donors (Lipinski definition) is 2. The first-order valence-electron chi connectivity index (χ1n) is 5.51. The number of rotatable bonds is 10. The molecule has 0 aliphatic carbocycles. The van der Waals surface area contributed by atoms with Crippen molar-refractivity contribution in [3.8, 4) is 0 Å². The molecule has 4 heteroatoms. The molecule has 0 spiro atoms. The largest absolute Gasteiger partial charge is 0.481 e. The second-order valence-electron chi connectivity index (χ2n) is 3.67. The number of Topliss-reactive ketones (excluding diaryl/α,β-unsaturated/α-hetero) is 1. The summed E-state index contributed by atoms with van der Waals surface area (Å²) in [6.07, 6.45) is 5.12. The fourth-order valence-electron chi connectivity index (χ4n) is 1.35. The molecule has 2 N–H and O–H groups in total. The van der Waals surface area contributed by atoms with E-state index in [9.17, 15) is 9.59 Å². The van der Waals surface area contributed by atoms with Crippen molar-refractivity contribution in [2.75, 3.05) is 6.61 Å². The summed E-state index contributed by atoms with van der Waals surface area (Å²) < 4.78 is 0. The van der Waals surface area contributed by atoms with E-state index < -0.39 is 5.97 Å². The maximum Gasteiger partial charge on any atom is 0.303 e. The van der Waals surface area contributed by atoms with Crippen LogP contribution in [0.1, 0.15) is 51.4 Å². The number of aliphatic carboxylic acids is 1. The van der Waals surface area contributed by atoms with Gasteiger partial charge in [0.2, 0.25) is 0 Å². The van der Waals surface area contributed by atoms with Crippen molar-refractivity contribution >= 4 is 11.8 Å². The third kappa shape index (κ3) is 11.0. The number of carboxylic acid groups (broad SMARTS) is 1. The Labute approximate surface area is 90.3 Å². The van der Waals surface area contributed by atoms with Crippen molar-refractivity contribution < 1.29 is 19.8 Å². The Morgan fingerprint density at radius 3 is 1.87 bits per heavy atom. The van der Waals surface area contributed by atoms with Gasteiger partial charge in [-0.15, -0.1) is 0 Å². The molecule has 0 bridgehead atoms. The number of carbonyl (C=O) groups excluding carboxylic acids is 1. The van der Waals surface area contributed by atoms with E-state index in [2.05, 4.69) is 0 Å². The van der Waals surface area contributed by atoms with Crippen LogP contribution in [-0.2, 0) is 9.59 Å². The van der Waals surface area contributed by atoms with Gasteiger partial charge >= 0.3 is 5.97 Å². The Bertz CT molecular complexity index is 189. The quantitative estimate of drug-likeness (QED) is 0.545. The molecule has 0 aromatic heterocycles. The Balaban J connectivity index is 3.16. The van der Waals surface area contributed by atoms with Crippen LogP contribution in [0, 0.1) is 0 Å². The zero-order valence-corrected chi connectivity index (χ0v) is 9.07. The van der Waals surface area contributed by atoms with Crippen molar-refractivity contribution in [3.05, 3.63) is 0 Å². The number of unbranched alkanes of at least 4 members (excludes halogenated alkanes) is 3. The lowest BCUT2D eigenvalue weighted by atomic mass is 10.1. The SMILES string of the molecule is O=C(O)CCCCCCC(=O)CCCO. The number of aliphatic hydroxyl groups excluding tert-OH is 1. The first-order chi connectivity index (χ1) is 7.16. The molecular formula is C11H20O4. The minimum atomic E-state index is -0.756. The molecule has 0 rings (SSSR count). The lowest BCUT2D eigenvalue weighted by Gasteiger charge is -2.00. The van der Waals surface area contributed by atoms with Gasteiger partial charge in [-0.2, -0.15) is 0 Å². The van der Waals surface area contributed by atoms with E-state index in [1.54, 1.807) is 0 Å². The molecule has 4 nitrogen and oxygen atoms in total. The van der Waals surface area contributed by atoms with Crippen LogP contribution >= 0.6 is 0 Å². The molecular weight excluding hydrogens is 196 g/mol. The van der Waals surface area contributed by atoms with Crippen LogP contribution in [0.15, 0.2) is 0 Å². The number of aliphatic hydroxyl groups is 1. The normalized spacial score (nSPS) is 10.2. The highest BCUT2D eigenvalue weighted by Gasteiger charge is 2.01. The summed E-state index contributed by atoms with van der Waals surface area (Å²) in [5.41, 5.74) is 0. The third-order valence-electron chi connectivity index (χ3n) is 2.21. The van der Waals surface area contributed by atoms with Gasteiger partial charge in [0.15, 0.2) is 0 Å². The Morgan fingerprint density at radius 2 is 1.33 bits per heavy atom. The first kappa shape index (κ1) is 14.1. The van der Waals surface area contributed by atoms with E-state index in [1.807, 2.05) is 0 Å². The molecule has 0 saturated heterocycles. The number of ketones is 1. The van der Waals surface area contributed by atoms with Crippen LogP contribution in [0.5, 0.6) is 0 Å². The van der Waals surface area contributed by atoms with Crippen molar-refractivity contribution in [2.24, 2.45) is 0 Å². The van der Waals surface area contributed by atoms with E-state index in [4.69, 9.17) is 10.2 Å². The van der Waals surface area contributed by atoms with Gasteiger partial charge < -0.3 is 10.2 Å². The Hall–Kier alpha value is -0.900. The van der Waals surface area contributed by atoms with Gasteiger partial charge in [-0.25, -0.2) is 0 Å². The highest BCUT2D eigenvalue weighted by atomic mass is 16.4. The molecule has 0 aromatic carbocycles. The van der Waals surface area contributed by atoms with E-state index in [0.717, 1.165) is 19.3 Å². The smallest absolute Gasteiger partial charge is 0.303 e. The van der Waals surface area contributed by atoms with Crippen LogP contribution in [0.25, 0.3) is 0 Å². The van der Waals surface area contributed by atoms with Crippen molar-refractivity contribution in [1.29, 1.82) is 0 Å². The van der Waals surface area contributed by atoms with E-state index in [-0.39, 0.29) is 18.8 Å². The molecule has 0 aliphatic rings. The molecule has 15 heavy (non-hydrogen) atoms. The maximum absolute atomic E-state index is 11.1. The second kappa shape index (κ2) is 9.65. The van der Waals surface area contributed by atoms with Crippen molar-refractivity contribution in [2.45, 2.75) is 51.4 Å². The van der Waals surface area contributed by atoms with Gasteiger partial charge in [0, 0.05) is 25.9 Å². The summed E-state index contributed by atoms with van der Waals surface area (Å²) in [6.45, 7) is 0.0738. The predicted molar refractivity (Wildman–Crippen MR) is 56.7 cm³/mol. The topological polar surface area (TPSA) is 74.6 Å². The van der Waals surface area contributed by atoms with Crippen LogP contribution in [0.4, 0.5) is 0 Å². The highest BCUT2D eigenvalue weighted by molar-refractivity contribution is 5.78. The summed E-state index contributed by atoms with van der Waals surface area (Å²) in [6, 6.07) is 0. The Morgan fingerprint density at radius 1 is 0.800 bits per heavy atom. The van der Waals surface area contributed by atoms with Gasteiger partial charge in [-0.05, 0) is 19.3 Å². The van der Waals surface area contributed by atoms with E-state index >= 15 is 0 Å². The molecule has 88 valence electrons. The molecule has 0 fully saturated rings. The minimum Gasteiger partial charge on any atom is -0.481 e. The molecule has 0 atom stereocenters. The van der Waals surface area contributed by atoms with E-state index in [1.165, 1.54) is 0 Å². The number of carboxylic acids is 1. The average molecular weight is 216 g/mol. The summed E-state index contributed by atoms with van der Waals surface area (Å²) >= 11 is 0. The highest BCUT2D eigenvalue weighted by Crippen LogP contribution is 2.07. The monoisotopic (exact) mass is 216 g/mol. The summed E-state index contributed by atoms with van der Waals surface area (Å²) in [4.78, 5) is 21.3. The van der Waals surface area contributed by atoms with Gasteiger partial charge in [0.25, 0.3) is 0 Å².